The first-order chi connectivity index (χ1) is 28.9. The summed E-state index contributed by atoms with van der Waals surface area (Å²) in [4.78, 5) is 14.4. The number of aryl methyl sites for hydroxylation is 4. The van der Waals surface area contributed by atoms with Crippen molar-refractivity contribution in [2.24, 2.45) is 11.8 Å². The molecule has 0 saturated heterocycles. The van der Waals surface area contributed by atoms with E-state index in [4.69, 9.17) is 18.7 Å². The van der Waals surface area contributed by atoms with Gasteiger partial charge in [-0.3, -0.25) is 0 Å². The molecule has 0 saturated carbocycles. The van der Waals surface area contributed by atoms with Crippen molar-refractivity contribution in [3.05, 3.63) is 94.8 Å². The van der Waals surface area contributed by atoms with E-state index >= 15 is 8.78 Å². The van der Waals surface area contributed by atoms with Gasteiger partial charge in [0.1, 0.15) is 33.7 Å². The Kier molecular flexibility index (Phi) is 13.6. The topological polar surface area (TPSA) is 51.6 Å². The Balaban J connectivity index is 1.13. The second-order valence-corrected chi connectivity index (χ2v) is 19.3. The molecule has 2 atom stereocenters. The van der Waals surface area contributed by atoms with Crippen LogP contribution in [-0.4, -0.2) is 18.7 Å². The first kappa shape index (κ1) is 41.8. The number of rotatable bonds is 18. The summed E-state index contributed by atoms with van der Waals surface area (Å²) in [5.41, 5.74) is 10.4. The summed E-state index contributed by atoms with van der Waals surface area (Å²) in [6.07, 6.45) is 17.7. The average Bonchev–Trinajstić information content (AvgIpc) is 4.05. The van der Waals surface area contributed by atoms with Crippen molar-refractivity contribution >= 4 is 56.5 Å². The zero-order valence-electron chi connectivity index (χ0n) is 35.0. The van der Waals surface area contributed by atoms with Crippen molar-refractivity contribution in [3.8, 4) is 41.8 Å². The Labute approximate surface area is 360 Å². The van der Waals surface area contributed by atoms with E-state index in [0.29, 0.717) is 23.0 Å². The first-order valence-electron chi connectivity index (χ1n) is 22.1. The van der Waals surface area contributed by atoms with Gasteiger partial charge in [-0.2, -0.15) is 8.75 Å². The number of fused-ring (bicyclic) bond motifs is 3. The van der Waals surface area contributed by atoms with Gasteiger partial charge in [0.05, 0.1) is 23.1 Å². The molecule has 4 aromatic heterocycles. The normalized spacial score (nSPS) is 14.0. The summed E-state index contributed by atoms with van der Waals surface area (Å²) in [6.45, 7) is 9.02. The van der Waals surface area contributed by atoms with Crippen molar-refractivity contribution in [1.82, 2.24) is 18.7 Å². The second-order valence-electron chi connectivity index (χ2n) is 16.6. The summed E-state index contributed by atoms with van der Waals surface area (Å²) in [7, 11) is 0. The third-order valence-electron chi connectivity index (χ3n) is 12.6. The summed E-state index contributed by atoms with van der Waals surface area (Å²) < 4.78 is 41.5. The molecule has 0 bridgehead atoms. The number of nitrogens with zero attached hydrogens (tertiary/aromatic N) is 4. The quantitative estimate of drug-likeness (QED) is 0.0863. The van der Waals surface area contributed by atoms with Crippen molar-refractivity contribution in [1.29, 1.82) is 0 Å². The van der Waals surface area contributed by atoms with Crippen LogP contribution in [0.3, 0.4) is 0 Å². The lowest BCUT2D eigenvalue weighted by Crippen LogP contribution is -2.09. The van der Waals surface area contributed by atoms with Crippen LogP contribution < -0.4 is 0 Å². The molecular weight excluding hydrogens is 791 g/mol. The predicted molar refractivity (Wildman–Crippen MR) is 248 cm³/mol. The number of benzene rings is 3. The molecule has 0 amide bonds. The van der Waals surface area contributed by atoms with Gasteiger partial charge in [-0.1, -0.05) is 103 Å². The van der Waals surface area contributed by atoms with Crippen LogP contribution in [-0.2, 0) is 25.7 Å². The fourth-order valence-electron chi connectivity index (χ4n) is 8.94. The summed E-state index contributed by atoms with van der Waals surface area (Å²) in [5.74, 6) is 1.02. The third-order valence-corrected chi connectivity index (χ3v) is 15.4. The van der Waals surface area contributed by atoms with Crippen LogP contribution in [0.25, 0.3) is 63.8 Å². The molecule has 0 fully saturated rings. The third kappa shape index (κ3) is 9.08. The van der Waals surface area contributed by atoms with Crippen LogP contribution in [0.15, 0.2) is 60.7 Å². The molecule has 4 nitrogen and oxygen atoms in total. The summed E-state index contributed by atoms with van der Waals surface area (Å²) in [5, 5.41) is 0. The molecule has 3 aromatic carbocycles. The molecule has 308 valence electrons. The maximum atomic E-state index is 15.9. The Hall–Kier alpha value is -3.92. The Morgan fingerprint density at radius 3 is 1.39 bits per heavy atom. The van der Waals surface area contributed by atoms with E-state index in [9.17, 15) is 0 Å². The lowest BCUT2D eigenvalue weighted by Gasteiger charge is -2.17. The van der Waals surface area contributed by atoms with Crippen LogP contribution >= 0.6 is 34.4 Å². The van der Waals surface area contributed by atoms with Gasteiger partial charge in [0.15, 0.2) is 0 Å². The van der Waals surface area contributed by atoms with E-state index in [-0.39, 0.29) is 11.6 Å². The monoisotopic (exact) mass is 846 g/mol. The molecule has 2 unspecified atom stereocenters. The zero-order valence-corrected chi connectivity index (χ0v) is 37.5. The standard InChI is InChI=1S/C50H56F2N4S3/c1-5-9-13-31(7-3)17-19-33-21-23-35(37(51)29-33)41-25-27-43(57-41)45-47-48(54-40-16-12-11-15-39(40)53-47)46(50-49(45)55-59-56-50)44-28-26-42(58-44)36-24-22-34(30-38(36)52)20-18-32(8-4)14-10-6-2/h21-32H,5-20H2,1-4H3. The average molecular weight is 847 g/mol. The van der Waals surface area contributed by atoms with Gasteiger partial charge in [0.25, 0.3) is 0 Å². The van der Waals surface area contributed by atoms with Crippen molar-refractivity contribution < 1.29 is 8.78 Å². The first-order valence-corrected chi connectivity index (χ1v) is 24.5. The molecule has 4 heterocycles. The minimum atomic E-state index is -0.181. The van der Waals surface area contributed by atoms with E-state index < -0.39 is 0 Å². The Morgan fingerprint density at radius 1 is 0.542 bits per heavy atom. The molecule has 59 heavy (non-hydrogen) atoms. The number of aromatic nitrogens is 4. The van der Waals surface area contributed by atoms with E-state index in [0.717, 1.165) is 127 Å². The van der Waals surface area contributed by atoms with Gasteiger partial charge < -0.3 is 0 Å². The predicted octanol–water partition coefficient (Wildman–Crippen LogP) is 15.9. The molecular formula is C50H56F2N4S3. The smallest absolute Gasteiger partial charge is 0.132 e. The van der Waals surface area contributed by atoms with Gasteiger partial charge in [-0.15, -0.1) is 22.7 Å². The summed E-state index contributed by atoms with van der Waals surface area (Å²) >= 11 is 4.32. The van der Waals surface area contributed by atoms with Gasteiger partial charge in [-0.05, 0) is 111 Å². The molecule has 0 aliphatic heterocycles. The molecule has 0 N–H and O–H groups in total. The molecule has 7 aromatic rings. The highest BCUT2D eigenvalue weighted by molar-refractivity contribution is 7.19. The van der Waals surface area contributed by atoms with E-state index in [1.54, 1.807) is 34.8 Å². The number of thiophene rings is 2. The Morgan fingerprint density at radius 2 is 0.983 bits per heavy atom. The molecule has 0 radical (unpaired) electrons. The van der Waals surface area contributed by atoms with Crippen LogP contribution in [0.4, 0.5) is 8.78 Å². The molecule has 1 aliphatic rings. The fourth-order valence-corrected chi connectivity index (χ4v) is 11.7. The highest BCUT2D eigenvalue weighted by Crippen LogP contribution is 2.48. The molecule has 9 heteroatoms. The van der Waals surface area contributed by atoms with Crippen molar-refractivity contribution in [2.75, 3.05) is 0 Å². The minimum absolute atomic E-state index is 0.181. The van der Waals surface area contributed by atoms with Crippen molar-refractivity contribution in [3.63, 3.8) is 0 Å². The SMILES string of the molecule is CCCCC(CC)CCc1ccc(-c2ccc(-c3c4nsnc4c(-c4ccc(-c5ccc(CCC(CC)CCCC)cc5F)s4)c4nc5c(nc34)CCCC5)s2)c(F)c1. The molecule has 0 spiro atoms. The molecule has 8 rings (SSSR count). The van der Waals surface area contributed by atoms with E-state index in [1.807, 2.05) is 24.3 Å². The van der Waals surface area contributed by atoms with E-state index in [2.05, 4.69) is 52.0 Å². The number of unbranched alkanes of at least 4 members (excludes halogenated alkanes) is 2. The van der Waals surface area contributed by atoms with Crippen LogP contribution in [0.2, 0.25) is 0 Å². The molecule has 1 aliphatic carbocycles. The van der Waals surface area contributed by atoms with Crippen molar-refractivity contribution in [2.45, 2.75) is 130 Å². The van der Waals surface area contributed by atoms with Crippen LogP contribution in [0, 0.1) is 23.5 Å². The lowest BCUT2D eigenvalue weighted by atomic mass is 9.92. The maximum Gasteiger partial charge on any atom is 0.132 e. The van der Waals surface area contributed by atoms with Gasteiger partial charge >= 0.3 is 0 Å². The largest absolute Gasteiger partial charge is 0.248 e. The summed E-state index contributed by atoms with van der Waals surface area (Å²) in [6, 6.07) is 19.8. The van der Waals surface area contributed by atoms with Gasteiger partial charge in [0, 0.05) is 41.8 Å². The Bertz CT molecular complexity index is 2360. The number of hydrogen-bond donors (Lipinski definition) is 0. The van der Waals surface area contributed by atoms with Gasteiger partial charge in [-0.25, -0.2) is 18.7 Å². The van der Waals surface area contributed by atoms with E-state index in [1.165, 1.54) is 63.1 Å². The second kappa shape index (κ2) is 19.2. The van der Waals surface area contributed by atoms with Crippen LogP contribution in [0.1, 0.15) is 127 Å². The highest BCUT2D eigenvalue weighted by Gasteiger charge is 2.27. The zero-order chi connectivity index (χ0) is 40.9. The minimum Gasteiger partial charge on any atom is -0.248 e. The number of halogens is 2. The highest BCUT2D eigenvalue weighted by atomic mass is 32.1. The fraction of sp³-hybridized carbons (Fsp3) is 0.440. The van der Waals surface area contributed by atoms with Crippen LogP contribution in [0.5, 0.6) is 0 Å². The number of hydrogen-bond acceptors (Lipinski definition) is 7. The lowest BCUT2D eigenvalue weighted by molar-refractivity contribution is 0.421. The van der Waals surface area contributed by atoms with Gasteiger partial charge in [0.2, 0.25) is 0 Å². The maximum absolute atomic E-state index is 15.9.